The van der Waals surface area contributed by atoms with Crippen LogP contribution in [0.25, 0.3) is 11.0 Å². The molecular weight excluding hydrogens is 272 g/mol. The second-order valence-electron chi connectivity index (χ2n) is 3.77. The van der Waals surface area contributed by atoms with Gasteiger partial charge in [-0.2, -0.15) is 8.78 Å². The number of hydrogen-bond donors (Lipinski definition) is 1. The Morgan fingerprint density at radius 2 is 2.21 bits per heavy atom. The highest BCUT2D eigenvalue weighted by molar-refractivity contribution is 7.99. The second-order valence-corrected chi connectivity index (χ2v) is 4.72. The summed E-state index contributed by atoms with van der Waals surface area (Å²) in [7, 11) is 0. The number of aromatic nitrogens is 2. The summed E-state index contributed by atoms with van der Waals surface area (Å²) in [5.74, 6) is -0.121. The number of nitrogens with one attached hydrogen (secondary N) is 1. The minimum absolute atomic E-state index is 0.0733. The molecule has 4 nitrogen and oxygen atoms in total. The molecular formula is C12H13F2N3OS. The molecule has 0 aliphatic heterocycles. The van der Waals surface area contributed by atoms with Crippen LogP contribution >= 0.6 is 11.8 Å². The highest BCUT2D eigenvalue weighted by Gasteiger charge is 2.18. The average Bonchev–Trinajstić information content (AvgIpc) is 2.75. The number of amides is 1. The first kappa shape index (κ1) is 13.8. The summed E-state index contributed by atoms with van der Waals surface area (Å²) in [4.78, 5) is 15.5. The van der Waals surface area contributed by atoms with Gasteiger partial charge in [0.25, 0.3) is 0 Å². The van der Waals surface area contributed by atoms with Gasteiger partial charge in [-0.3, -0.25) is 9.36 Å². The van der Waals surface area contributed by atoms with E-state index in [2.05, 4.69) is 10.3 Å². The van der Waals surface area contributed by atoms with Crippen molar-refractivity contribution in [2.45, 2.75) is 18.6 Å². The molecule has 0 fully saturated rings. The fourth-order valence-electron chi connectivity index (χ4n) is 1.69. The van der Waals surface area contributed by atoms with Crippen LogP contribution in [-0.4, -0.2) is 27.8 Å². The van der Waals surface area contributed by atoms with Gasteiger partial charge < -0.3 is 5.32 Å². The molecule has 0 saturated heterocycles. The largest absolute Gasteiger partial charge is 0.356 e. The summed E-state index contributed by atoms with van der Waals surface area (Å²) < 4.78 is 27.0. The molecule has 0 spiro atoms. The zero-order valence-corrected chi connectivity index (χ0v) is 11.1. The maximum Gasteiger partial charge on any atom is 0.321 e. The maximum atomic E-state index is 13.1. The van der Waals surface area contributed by atoms with Crippen molar-refractivity contribution in [3.63, 3.8) is 0 Å². The van der Waals surface area contributed by atoms with Crippen LogP contribution in [0, 0.1) is 0 Å². The lowest BCUT2D eigenvalue weighted by Crippen LogP contribution is -2.24. The average molecular weight is 285 g/mol. The number of carbonyl (C=O) groups is 1. The van der Waals surface area contributed by atoms with Gasteiger partial charge in [0.05, 0.1) is 16.8 Å². The van der Waals surface area contributed by atoms with E-state index in [1.165, 1.54) is 0 Å². The lowest BCUT2D eigenvalue weighted by atomic mass is 10.3. The van der Waals surface area contributed by atoms with Crippen LogP contribution < -0.4 is 5.32 Å². The number of rotatable bonds is 5. The molecule has 19 heavy (non-hydrogen) atoms. The zero-order chi connectivity index (χ0) is 13.8. The Morgan fingerprint density at radius 3 is 2.89 bits per heavy atom. The van der Waals surface area contributed by atoms with Crippen molar-refractivity contribution >= 4 is 28.7 Å². The molecule has 2 rings (SSSR count). The van der Waals surface area contributed by atoms with Gasteiger partial charge >= 0.3 is 6.55 Å². The fraction of sp³-hybridized carbons (Fsp3) is 0.333. The number of fused-ring (bicyclic) bond motifs is 1. The van der Waals surface area contributed by atoms with Gasteiger partial charge in [0.15, 0.2) is 5.16 Å². The predicted molar refractivity (Wildman–Crippen MR) is 70.4 cm³/mol. The third kappa shape index (κ3) is 3.04. The molecule has 2 aromatic rings. The summed E-state index contributed by atoms with van der Waals surface area (Å²) in [5.41, 5.74) is 0.872. The highest BCUT2D eigenvalue weighted by Crippen LogP contribution is 2.28. The molecule has 0 radical (unpaired) electrons. The number of benzene rings is 1. The Morgan fingerprint density at radius 1 is 1.47 bits per heavy atom. The number of para-hydroxylation sites is 2. The Kier molecular flexibility index (Phi) is 4.36. The smallest absolute Gasteiger partial charge is 0.321 e. The van der Waals surface area contributed by atoms with Gasteiger partial charge in [-0.15, -0.1) is 0 Å². The Bertz CT molecular complexity index is 585. The van der Waals surface area contributed by atoms with Gasteiger partial charge in [0.2, 0.25) is 5.91 Å². The number of carbonyl (C=O) groups excluding carboxylic acids is 1. The Balaban J connectivity index is 2.27. The molecule has 102 valence electrons. The molecule has 1 N–H and O–H groups in total. The van der Waals surface area contributed by atoms with Crippen molar-refractivity contribution in [2.75, 3.05) is 12.3 Å². The topological polar surface area (TPSA) is 46.9 Å². The SMILES string of the molecule is CCNC(=O)CSc1nc2ccccc2n1C(F)F. The minimum Gasteiger partial charge on any atom is -0.356 e. The molecule has 1 heterocycles. The van der Waals surface area contributed by atoms with E-state index in [1.54, 1.807) is 31.2 Å². The first-order chi connectivity index (χ1) is 9.13. The van der Waals surface area contributed by atoms with Crippen molar-refractivity contribution in [3.8, 4) is 0 Å². The van der Waals surface area contributed by atoms with Crippen LogP contribution in [-0.2, 0) is 4.79 Å². The lowest BCUT2D eigenvalue weighted by molar-refractivity contribution is -0.118. The molecule has 1 aromatic heterocycles. The predicted octanol–water partition coefficient (Wildman–Crippen LogP) is 2.66. The summed E-state index contributed by atoms with van der Waals surface area (Å²) in [6.45, 7) is -0.356. The van der Waals surface area contributed by atoms with Crippen LogP contribution in [0.2, 0.25) is 0 Å². The van der Waals surface area contributed by atoms with Gasteiger partial charge in [0, 0.05) is 6.54 Å². The van der Waals surface area contributed by atoms with Gasteiger partial charge in [-0.25, -0.2) is 4.98 Å². The molecule has 1 aromatic carbocycles. The summed E-state index contributed by atoms with van der Waals surface area (Å²) in [6.07, 6.45) is 0. The zero-order valence-electron chi connectivity index (χ0n) is 10.3. The summed E-state index contributed by atoms with van der Waals surface area (Å²) in [5, 5.41) is 2.77. The standard InChI is InChI=1S/C12H13F2N3OS/c1-2-15-10(18)7-19-12-16-8-5-3-4-6-9(8)17(12)11(13)14/h3-6,11H,2,7H2,1H3,(H,15,18). The number of imidazole rings is 1. The van der Waals surface area contributed by atoms with Crippen molar-refractivity contribution in [3.05, 3.63) is 24.3 Å². The molecule has 1 amide bonds. The van der Waals surface area contributed by atoms with Crippen LogP contribution in [0.1, 0.15) is 13.5 Å². The molecule has 0 bridgehead atoms. The molecule has 0 aliphatic rings. The molecule has 0 aliphatic carbocycles. The number of halogens is 2. The van der Waals surface area contributed by atoms with Crippen molar-refractivity contribution < 1.29 is 13.6 Å². The second kappa shape index (κ2) is 6.01. The van der Waals surface area contributed by atoms with Crippen LogP contribution in [0.15, 0.2) is 29.4 Å². The van der Waals surface area contributed by atoms with E-state index in [9.17, 15) is 13.6 Å². The Labute approximate surface area is 113 Å². The van der Waals surface area contributed by atoms with Gasteiger partial charge in [-0.05, 0) is 19.1 Å². The van der Waals surface area contributed by atoms with E-state index < -0.39 is 6.55 Å². The van der Waals surface area contributed by atoms with Crippen LogP contribution in [0.4, 0.5) is 8.78 Å². The van der Waals surface area contributed by atoms with E-state index in [0.29, 0.717) is 17.6 Å². The minimum atomic E-state index is -2.68. The third-order valence-corrected chi connectivity index (χ3v) is 3.42. The first-order valence-electron chi connectivity index (χ1n) is 5.78. The molecule has 0 atom stereocenters. The van der Waals surface area contributed by atoms with Crippen LogP contribution in [0.5, 0.6) is 0 Å². The number of hydrogen-bond acceptors (Lipinski definition) is 3. The quantitative estimate of drug-likeness (QED) is 0.859. The summed E-state index contributed by atoms with van der Waals surface area (Å²) in [6, 6.07) is 6.68. The number of alkyl halides is 2. The maximum absolute atomic E-state index is 13.1. The van der Waals surface area contributed by atoms with Gasteiger partial charge in [-0.1, -0.05) is 23.9 Å². The van der Waals surface area contributed by atoms with E-state index in [4.69, 9.17) is 0 Å². The van der Waals surface area contributed by atoms with Crippen molar-refractivity contribution in [2.24, 2.45) is 0 Å². The lowest BCUT2D eigenvalue weighted by Gasteiger charge is -2.07. The third-order valence-electron chi connectivity index (χ3n) is 2.46. The number of thioether (sulfide) groups is 1. The molecule has 0 saturated carbocycles. The Hall–Kier alpha value is -1.63. The summed E-state index contributed by atoms with van der Waals surface area (Å²) >= 11 is 1.01. The van der Waals surface area contributed by atoms with E-state index >= 15 is 0 Å². The van der Waals surface area contributed by atoms with Crippen molar-refractivity contribution in [1.82, 2.24) is 14.9 Å². The highest BCUT2D eigenvalue weighted by atomic mass is 32.2. The monoisotopic (exact) mass is 285 g/mol. The van der Waals surface area contributed by atoms with Gasteiger partial charge in [0.1, 0.15) is 0 Å². The van der Waals surface area contributed by atoms with Crippen LogP contribution in [0.3, 0.4) is 0 Å². The van der Waals surface area contributed by atoms with E-state index in [-0.39, 0.29) is 16.8 Å². The van der Waals surface area contributed by atoms with Crippen molar-refractivity contribution in [1.29, 1.82) is 0 Å². The first-order valence-corrected chi connectivity index (χ1v) is 6.76. The molecule has 0 unspecified atom stereocenters. The fourth-order valence-corrected chi connectivity index (χ4v) is 2.53. The molecule has 7 heteroatoms. The van der Waals surface area contributed by atoms with E-state index in [1.807, 2.05) is 0 Å². The normalized spacial score (nSPS) is 11.2. The number of nitrogens with zero attached hydrogens (tertiary/aromatic N) is 2. The van der Waals surface area contributed by atoms with E-state index in [0.717, 1.165) is 16.3 Å².